The van der Waals surface area contributed by atoms with Crippen LogP contribution in [-0.2, 0) is 15.2 Å². The van der Waals surface area contributed by atoms with E-state index in [1.54, 1.807) is 0 Å². The minimum absolute atomic E-state index is 0.690. The molecule has 0 saturated carbocycles. The lowest BCUT2D eigenvalue weighted by Crippen LogP contribution is -2.61. The van der Waals surface area contributed by atoms with Crippen LogP contribution in [0.15, 0.2) is 40.8 Å². The summed E-state index contributed by atoms with van der Waals surface area (Å²) < 4.78 is 41.6. The van der Waals surface area contributed by atoms with Crippen molar-refractivity contribution in [2.45, 2.75) is 31.5 Å². The maximum absolute atomic E-state index is 13.5. The minimum Gasteiger partial charge on any atom is -0.511 e. The van der Waals surface area contributed by atoms with Gasteiger partial charge in [0.2, 0.25) is 5.78 Å². The third kappa shape index (κ3) is 2.16. The zero-order chi connectivity index (χ0) is 26.8. The maximum Gasteiger partial charge on any atom is 0.255 e. The molecule has 30 heavy (non-hydrogen) atoms. The number of allylic oxidation sites excluding steroid dienone is 1. The molecule has 3 aliphatic carbocycles. The SMILES string of the molecule is [2H]c1c([2H])c(O)c2c(c1[2H])[C@@](C)(O)C1([2H])CC3C([2H])(C)C(O)=C(C(N)=O)C(=O)[C@@]3(O)C(O)=C1C2=O. The van der Waals surface area contributed by atoms with Gasteiger partial charge in [-0.2, -0.15) is 0 Å². The smallest absolute Gasteiger partial charge is 0.255 e. The van der Waals surface area contributed by atoms with E-state index >= 15 is 0 Å². The number of nitrogens with two attached hydrogens (primary N) is 1. The molecule has 7 N–H and O–H groups in total. The summed E-state index contributed by atoms with van der Waals surface area (Å²) in [6, 6.07) is -2.65. The van der Waals surface area contributed by atoms with Crippen LogP contribution in [0.25, 0.3) is 0 Å². The number of aliphatic hydroxyl groups is 4. The van der Waals surface area contributed by atoms with E-state index in [0.29, 0.717) is 0 Å². The lowest BCUT2D eigenvalue weighted by atomic mass is 9.54. The number of benzene rings is 1. The molecule has 9 heteroatoms. The molecule has 0 bridgehead atoms. The van der Waals surface area contributed by atoms with Crippen LogP contribution < -0.4 is 5.73 Å². The fourth-order valence-electron chi connectivity index (χ4n) is 4.52. The standard InChI is InChI=1S/C21H21NO8/c1-7-9-6-10-13(16(25)12-8(20(10,2)29)4-3-5-11(12)23)17(26)21(9,30)18(27)14(15(7)24)19(22)28/h3-5,7,9-10,23-24,26,29-30H,6H2,1-2H3,(H2,22,28)/t7?,9?,10?,20-,21+/m1/s1/i3D,4D,5D,7D,10D. The number of rotatable bonds is 1. The van der Waals surface area contributed by atoms with Gasteiger partial charge in [-0.05, 0) is 25.0 Å². The summed E-state index contributed by atoms with van der Waals surface area (Å²) in [7, 11) is 0. The van der Waals surface area contributed by atoms with Gasteiger partial charge in [0.25, 0.3) is 5.91 Å². The monoisotopic (exact) mass is 420 g/mol. The Morgan fingerprint density at radius 1 is 1.27 bits per heavy atom. The number of hydrogen-bond acceptors (Lipinski definition) is 8. The van der Waals surface area contributed by atoms with Crippen LogP contribution >= 0.6 is 0 Å². The van der Waals surface area contributed by atoms with Crippen LogP contribution in [0.3, 0.4) is 0 Å². The second kappa shape index (κ2) is 5.93. The zero-order valence-corrected chi connectivity index (χ0v) is 15.8. The van der Waals surface area contributed by atoms with E-state index in [1.165, 1.54) is 0 Å². The molecule has 0 saturated heterocycles. The van der Waals surface area contributed by atoms with E-state index in [4.69, 9.17) is 12.6 Å². The van der Waals surface area contributed by atoms with Crippen LogP contribution in [0, 0.1) is 17.7 Å². The topological polar surface area (TPSA) is 178 Å². The number of primary amides is 1. The van der Waals surface area contributed by atoms with Crippen LogP contribution in [-0.4, -0.2) is 48.6 Å². The largest absolute Gasteiger partial charge is 0.511 e. The quantitative estimate of drug-likeness (QED) is 0.355. The van der Waals surface area contributed by atoms with Gasteiger partial charge < -0.3 is 31.3 Å². The van der Waals surface area contributed by atoms with E-state index in [9.17, 15) is 39.9 Å². The van der Waals surface area contributed by atoms with E-state index in [0.717, 1.165) is 13.8 Å². The van der Waals surface area contributed by atoms with Crippen molar-refractivity contribution >= 4 is 17.5 Å². The van der Waals surface area contributed by atoms with Gasteiger partial charge in [-0.15, -0.1) is 0 Å². The number of ketones is 2. The second-order valence-electron chi connectivity index (χ2n) is 7.70. The Morgan fingerprint density at radius 3 is 2.50 bits per heavy atom. The molecule has 5 atom stereocenters. The molecule has 3 unspecified atom stereocenters. The van der Waals surface area contributed by atoms with Crippen molar-refractivity contribution in [2.24, 2.45) is 23.4 Å². The number of carbonyl (C=O) groups is 3. The van der Waals surface area contributed by atoms with E-state index in [-0.39, 0.29) is 0 Å². The predicted octanol–water partition coefficient (Wildman–Crippen LogP) is 0.492. The van der Waals surface area contributed by atoms with Gasteiger partial charge in [0.05, 0.1) is 15.3 Å². The van der Waals surface area contributed by atoms with Crippen LogP contribution in [0.4, 0.5) is 0 Å². The Bertz CT molecular complexity index is 1350. The Morgan fingerprint density at radius 2 is 1.90 bits per heavy atom. The lowest BCUT2D eigenvalue weighted by Gasteiger charge is -2.51. The molecular weight excluding hydrogens is 394 g/mol. The molecule has 0 spiro atoms. The highest BCUT2D eigenvalue weighted by Gasteiger charge is 2.64. The average Bonchev–Trinajstić information content (AvgIpc) is 2.74. The first-order valence-corrected chi connectivity index (χ1v) is 8.86. The summed E-state index contributed by atoms with van der Waals surface area (Å²) in [5, 5.41) is 55.0. The first-order valence-electron chi connectivity index (χ1n) is 11.4. The highest BCUT2D eigenvalue weighted by molar-refractivity contribution is 6.24. The van der Waals surface area contributed by atoms with Gasteiger partial charge in [-0.1, -0.05) is 19.0 Å². The molecule has 158 valence electrons. The number of hydrogen-bond donors (Lipinski definition) is 6. The van der Waals surface area contributed by atoms with Crippen molar-refractivity contribution < 1.29 is 46.8 Å². The first kappa shape index (κ1) is 14.8. The Labute approximate surface area is 177 Å². The number of phenols is 1. The van der Waals surface area contributed by atoms with Crippen molar-refractivity contribution in [1.29, 1.82) is 0 Å². The van der Waals surface area contributed by atoms with Crippen LogP contribution in [0.5, 0.6) is 5.75 Å². The third-order valence-corrected chi connectivity index (χ3v) is 6.15. The molecule has 3 aliphatic rings. The van der Waals surface area contributed by atoms with Gasteiger partial charge in [0.15, 0.2) is 11.4 Å². The Balaban J connectivity index is 2.16. The number of aromatic hydroxyl groups is 1. The predicted molar refractivity (Wildman–Crippen MR) is 101 cm³/mol. The van der Waals surface area contributed by atoms with Gasteiger partial charge in [0.1, 0.15) is 22.8 Å². The normalized spacial score (nSPS) is 42.9. The highest BCUT2D eigenvalue weighted by Crippen LogP contribution is 2.57. The molecule has 0 aromatic heterocycles. The van der Waals surface area contributed by atoms with Gasteiger partial charge in [-0.25, -0.2) is 0 Å². The lowest BCUT2D eigenvalue weighted by molar-refractivity contribution is -0.150. The van der Waals surface area contributed by atoms with Gasteiger partial charge >= 0.3 is 0 Å². The van der Waals surface area contributed by atoms with Crippen molar-refractivity contribution in [3.05, 3.63) is 51.9 Å². The molecule has 1 aromatic carbocycles. The first-order chi connectivity index (χ1) is 15.8. The van der Waals surface area contributed by atoms with Crippen LogP contribution in [0.2, 0.25) is 0 Å². The second-order valence-corrected chi connectivity index (χ2v) is 7.70. The molecule has 9 nitrogen and oxygen atoms in total. The number of amides is 1. The molecular formula is C21H21NO8. The minimum atomic E-state index is -3.20. The Hall–Kier alpha value is -3.17. The Kier molecular flexibility index (Phi) is 2.92. The van der Waals surface area contributed by atoms with Crippen molar-refractivity contribution in [3.63, 3.8) is 0 Å². The van der Waals surface area contributed by atoms with E-state index < -0.39 is 110 Å². The number of aliphatic hydroxyl groups excluding tert-OH is 2. The number of fused-ring (bicyclic) bond motifs is 3. The van der Waals surface area contributed by atoms with Crippen molar-refractivity contribution in [1.82, 2.24) is 0 Å². The van der Waals surface area contributed by atoms with Gasteiger partial charge in [-0.3, -0.25) is 14.4 Å². The summed E-state index contributed by atoms with van der Waals surface area (Å²) >= 11 is 0. The fraction of sp³-hybridized carbons (Fsp3) is 0.381. The fourth-order valence-corrected chi connectivity index (χ4v) is 4.52. The van der Waals surface area contributed by atoms with Gasteiger partial charge in [0, 0.05) is 26.0 Å². The molecule has 1 aromatic rings. The summed E-state index contributed by atoms with van der Waals surface area (Å²) in [5.41, 5.74) is -4.53. The molecule has 0 fully saturated rings. The molecule has 1 amide bonds. The molecule has 0 heterocycles. The zero-order valence-electron chi connectivity index (χ0n) is 20.8. The summed E-state index contributed by atoms with van der Waals surface area (Å²) in [5.74, 6) is -15.3. The van der Waals surface area contributed by atoms with Crippen molar-refractivity contribution in [3.8, 4) is 5.75 Å². The summed E-state index contributed by atoms with van der Waals surface area (Å²) in [6.45, 7) is 1.91. The number of phenolic OH excluding ortho intramolecular Hbond substituents is 1. The summed E-state index contributed by atoms with van der Waals surface area (Å²) in [4.78, 5) is 38.5. The number of carbonyl (C=O) groups excluding carboxylic acids is 3. The maximum atomic E-state index is 13.5. The average molecular weight is 420 g/mol. The highest BCUT2D eigenvalue weighted by atomic mass is 16.3. The summed E-state index contributed by atoms with van der Waals surface area (Å²) in [6.07, 6.45) is -0.931. The van der Waals surface area contributed by atoms with Crippen molar-refractivity contribution in [2.75, 3.05) is 0 Å². The molecule has 4 rings (SSSR count). The molecule has 0 radical (unpaired) electrons. The van der Waals surface area contributed by atoms with E-state index in [1.807, 2.05) is 0 Å². The molecule has 0 aliphatic heterocycles. The van der Waals surface area contributed by atoms with Crippen LogP contribution in [0.1, 0.15) is 43.0 Å². The number of Topliss-reactive ketones (excluding diaryl/α,β-unsaturated/α-hetero) is 2. The van der Waals surface area contributed by atoms with E-state index in [2.05, 4.69) is 0 Å². The third-order valence-electron chi connectivity index (χ3n) is 6.15.